The number of carbonyl (C=O) groups excluding carboxylic acids is 1. The van der Waals surface area contributed by atoms with Crippen molar-refractivity contribution in [3.05, 3.63) is 40.4 Å². The third kappa shape index (κ3) is 2.09. The van der Waals surface area contributed by atoms with Crippen molar-refractivity contribution in [2.45, 2.75) is 18.9 Å². The molecule has 0 saturated heterocycles. The second-order valence-electron chi connectivity index (χ2n) is 4.23. The Kier molecular flexibility index (Phi) is 3.00. The minimum Gasteiger partial charge on any atom is -0.482 e. The summed E-state index contributed by atoms with van der Waals surface area (Å²) >= 11 is 3.41. The first-order valence-electron chi connectivity index (χ1n) is 5.22. The van der Waals surface area contributed by atoms with Gasteiger partial charge in [-0.3, -0.25) is 0 Å². The Morgan fingerprint density at radius 2 is 2.35 bits per heavy atom. The Balaban J connectivity index is 2.45. The van der Waals surface area contributed by atoms with Gasteiger partial charge in [-0.05, 0) is 41.1 Å². The average molecular weight is 297 g/mol. The molecule has 1 heterocycles. The van der Waals surface area contributed by atoms with E-state index in [2.05, 4.69) is 22.5 Å². The molecule has 0 aliphatic carbocycles. The fourth-order valence-electron chi connectivity index (χ4n) is 1.89. The summed E-state index contributed by atoms with van der Waals surface area (Å²) in [6.07, 6.45) is 2.48. The fourth-order valence-corrected chi connectivity index (χ4v) is 2.48. The van der Waals surface area contributed by atoms with Gasteiger partial charge in [0.25, 0.3) is 0 Å². The third-order valence-corrected chi connectivity index (χ3v) is 3.44. The molecule has 1 aliphatic rings. The predicted molar refractivity (Wildman–Crippen MR) is 68.4 cm³/mol. The molecule has 0 N–H and O–H groups in total. The quantitative estimate of drug-likeness (QED) is 0.621. The summed E-state index contributed by atoms with van der Waals surface area (Å²) in [6.45, 7) is 5.73. The van der Waals surface area contributed by atoms with Crippen molar-refractivity contribution in [3.63, 3.8) is 0 Å². The van der Waals surface area contributed by atoms with Crippen molar-refractivity contribution in [2.24, 2.45) is 0 Å². The van der Waals surface area contributed by atoms with E-state index in [1.807, 2.05) is 6.92 Å². The van der Waals surface area contributed by atoms with Crippen molar-refractivity contribution in [1.82, 2.24) is 0 Å². The number of ether oxygens (including phenoxy) is 2. The zero-order chi connectivity index (χ0) is 12.6. The molecular weight excluding hydrogens is 284 g/mol. The first kappa shape index (κ1) is 12.2. The summed E-state index contributed by atoms with van der Waals surface area (Å²) in [6, 6.07) is 3.51. The number of hydrogen-bond donors (Lipinski definition) is 0. The van der Waals surface area contributed by atoms with E-state index >= 15 is 0 Å². The van der Waals surface area contributed by atoms with E-state index in [-0.39, 0.29) is 5.97 Å². The average Bonchev–Trinajstić information content (AvgIpc) is 2.66. The molecule has 0 spiro atoms. The van der Waals surface area contributed by atoms with Gasteiger partial charge in [-0.2, -0.15) is 0 Å². The van der Waals surface area contributed by atoms with Crippen LogP contribution in [0.2, 0.25) is 0 Å². The number of methoxy groups -OCH3 is 1. The number of fused-ring (bicyclic) bond motifs is 1. The molecule has 1 aliphatic heterocycles. The summed E-state index contributed by atoms with van der Waals surface area (Å²) in [7, 11) is 1.37. The highest BCUT2D eigenvalue weighted by Crippen LogP contribution is 2.41. The maximum absolute atomic E-state index is 11.5. The van der Waals surface area contributed by atoms with E-state index in [0.29, 0.717) is 12.0 Å². The molecule has 2 rings (SSSR count). The molecule has 1 aromatic rings. The predicted octanol–water partition coefficient (Wildman–Crippen LogP) is 3.12. The summed E-state index contributed by atoms with van der Waals surface area (Å²) < 4.78 is 11.3. The van der Waals surface area contributed by atoms with Crippen LogP contribution in [0, 0.1) is 0 Å². The molecule has 0 amide bonds. The van der Waals surface area contributed by atoms with Crippen LogP contribution in [0.25, 0.3) is 0 Å². The zero-order valence-electron chi connectivity index (χ0n) is 9.75. The Labute approximate surface area is 109 Å². The number of esters is 1. The van der Waals surface area contributed by atoms with Crippen LogP contribution < -0.4 is 4.74 Å². The zero-order valence-corrected chi connectivity index (χ0v) is 11.3. The van der Waals surface area contributed by atoms with Gasteiger partial charge in [0.1, 0.15) is 11.4 Å². The van der Waals surface area contributed by atoms with Gasteiger partial charge in [-0.25, -0.2) is 4.79 Å². The number of benzene rings is 1. The van der Waals surface area contributed by atoms with Crippen LogP contribution in [-0.2, 0) is 11.2 Å². The van der Waals surface area contributed by atoms with Gasteiger partial charge in [0.05, 0.1) is 17.1 Å². The Morgan fingerprint density at radius 3 is 2.94 bits per heavy atom. The van der Waals surface area contributed by atoms with E-state index in [1.165, 1.54) is 7.11 Å². The minimum absolute atomic E-state index is 0.347. The lowest BCUT2D eigenvalue weighted by molar-refractivity contribution is 0.0600. The van der Waals surface area contributed by atoms with E-state index < -0.39 is 5.60 Å². The van der Waals surface area contributed by atoms with Crippen LogP contribution in [0.15, 0.2) is 29.3 Å². The summed E-state index contributed by atoms with van der Waals surface area (Å²) in [5.74, 6) is 0.431. The second kappa shape index (κ2) is 4.18. The van der Waals surface area contributed by atoms with Crippen LogP contribution >= 0.6 is 15.9 Å². The second-order valence-corrected chi connectivity index (χ2v) is 5.09. The smallest absolute Gasteiger partial charge is 0.337 e. The first-order valence-corrected chi connectivity index (χ1v) is 6.02. The molecule has 1 aromatic carbocycles. The third-order valence-electron chi connectivity index (χ3n) is 2.85. The van der Waals surface area contributed by atoms with Crippen LogP contribution in [0.3, 0.4) is 0 Å². The van der Waals surface area contributed by atoms with E-state index in [9.17, 15) is 4.79 Å². The van der Waals surface area contributed by atoms with Crippen molar-refractivity contribution in [3.8, 4) is 5.75 Å². The Hall–Kier alpha value is -1.29. The highest BCUT2D eigenvalue weighted by Gasteiger charge is 2.34. The molecular formula is C13H13BrO3. The van der Waals surface area contributed by atoms with Gasteiger partial charge in [0.2, 0.25) is 0 Å². The number of hydrogen-bond acceptors (Lipinski definition) is 3. The standard InChI is InChI=1S/C13H13BrO3/c1-4-13(2)7-9-5-8(12(15)16-3)6-10(14)11(9)17-13/h4-6H,1,7H2,2-3H3. The van der Waals surface area contributed by atoms with E-state index in [1.54, 1.807) is 18.2 Å². The maximum atomic E-state index is 11.5. The molecule has 1 atom stereocenters. The summed E-state index contributed by atoms with van der Waals surface area (Å²) in [5, 5.41) is 0. The molecule has 3 nitrogen and oxygen atoms in total. The summed E-state index contributed by atoms with van der Waals surface area (Å²) in [5.41, 5.74) is 1.11. The number of carbonyl (C=O) groups is 1. The van der Waals surface area contributed by atoms with Crippen LogP contribution in [0.1, 0.15) is 22.8 Å². The van der Waals surface area contributed by atoms with Crippen LogP contribution in [0.5, 0.6) is 5.75 Å². The topological polar surface area (TPSA) is 35.5 Å². The van der Waals surface area contributed by atoms with Crippen molar-refractivity contribution in [1.29, 1.82) is 0 Å². The van der Waals surface area contributed by atoms with Gasteiger partial charge in [0, 0.05) is 12.0 Å². The fraction of sp³-hybridized carbons (Fsp3) is 0.308. The molecule has 17 heavy (non-hydrogen) atoms. The normalized spacial score (nSPS) is 21.6. The Morgan fingerprint density at radius 1 is 1.65 bits per heavy atom. The maximum Gasteiger partial charge on any atom is 0.337 e. The van der Waals surface area contributed by atoms with Crippen molar-refractivity contribution >= 4 is 21.9 Å². The largest absolute Gasteiger partial charge is 0.482 e. The SMILES string of the molecule is C=CC1(C)Cc2cc(C(=O)OC)cc(Br)c2O1. The van der Waals surface area contributed by atoms with Crippen molar-refractivity contribution < 1.29 is 14.3 Å². The molecule has 0 saturated carbocycles. The van der Waals surface area contributed by atoms with Crippen LogP contribution in [-0.4, -0.2) is 18.7 Å². The van der Waals surface area contributed by atoms with Gasteiger partial charge < -0.3 is 9.47 Å². The molecule has 0 bridgehead atoms. The highest BCUT2D eigenvalue weighted by molar-refractivity contribution is 9.10. The van der Waals surface area contributed by atoms with E-state index in [0.717, 1.165) is 15.8 Å². The van der Waals surface area contributed by atoms with Gasteiger partial charge in [0.15, 0.2) is 0 Å². The number of halogens is 1. The molecule has 0 radical (unpaired) electrons. The molecule has 4 heteroatoms. The Bertz CT molecular complexity index is 496. The lowest BCUT2D eigenvalue weighted by atomic mass is 9.98. The number of rotatable bonds is 2. The molecule has 1 unspecified atom stereocenters. The lowest BCUT2D eigenvalue weighted by Crippen LogP contribution is -2.26. The molecule has 0 fully saturated rings. The van der Waals surface area contributed by atoms with Gasteiger partial charge >= 0.3 is 5.97 Å². The summed E-state index contributed by atoms with van der Waals surface area (Å²) in [4.78, 5) is 11.5. The van der Waals surface area contributed by atoms with E-state index in [4.69, 9.17) is 9.47 Å². The minimum atomic E-state index is -0.403. The molecule has 90 valence electrons. The van der Waals surface area contributed by atoms with Crippen molar-refractivity contribution in [2.75, 3.05) is 7.11 Å². The molecule has 0 aromatic heterocycles. The lowest BCUT2D eigenvalue weighted by Gasteiger charge is -2.18. The van der Waals surface area contributed by atoms with Gasteiger partial charge in [-0.1, -0.05) is 6.58 Å². The highest BCUT2D eigenvalue weighted by atomic mass is 79.9. The monoisotopic (exact) mass is 296 g/mol. The van der Waals surface area contributed by atoms with Gasteiger partial charge in [-0.15, -0.1) is 0 Å². The van der Waals surface area contributed by atoms with Crippen LogP contribution in [0.4, 0.5) is 0 Å². The first-order chi connectivity index (χ1) is 7.99.